The molecular weight excluding hydrogens is 260 g/mol. The molecule has 1 saturated heterocycles. The summed E-state index contributed by atoms with van der Waals surface area (Å²) in [5.74, 6) is 0.180. The predicted molar refractivity (Wildman–Crippen MR) is 68.7 cm³/mol. The van der Waals surface area contributed by atoms with Crippen LogP contribution in [-0.2, 0) is 0 Å². The molecule has 1 amide bonds. The van der Waals surface area contributed by atoms with Crippen molar-refractivity contribution < 1.29 is 9.32 Å². The Labute approximate surface area is 115 Å². The van der Waals surface area contributed by atoms with E-state index in [1.54, 1.807) is 12.4 Å². The van der Waals surface area contributed by atoms with Crippen molar-refractivity contribution in [3.05, 3.63) is 29.7 Å². The van der Waals surface area contributed by atoms with Crippen LogP contribution in [0, 0.1) is 0 Å². The minimum atomic E-state index is -0.355. The van der Waals surface area contributed by atoms with Crippen molar-refractivity contribution in [1.82, 2.24) is 31.0 Å². The smallest absolute Gasteiger partial charge is 0.293 e. The van der Waals surface area contributed by atoms with Crippen LogP contribution in [0.4, 0.5) is 0 Å². The number of hydrogen-bond acceptors (Lipinski definition) is 6. The number of nitrogens with one attached hydrogen (secondary N) is 3. The number of rotatable bonds is 4. The van der Waals surface area contributed by atoms with Crippen molar-refractivity contribution in [3.8, 4) is 0 Å². The van der Waals surface area contributed by atoms with Gasteiger partial charge in [-0.05, 0) is 26.3 Å². The molecule has 2 atom stereocenters. The first-order valence-electron chi connectivity index (χ1n) is 6.60. The number of carbonyl (C=O) groups is 1. The van der Waals surface area contributed by atoms with Crippen molar-refractivity contribution >= 4 is 5.91 Å². The third-order valence-corrected chi connectivity index (χ3v) is 3.37. The number of aromatic amines is 1. The molecule has 2 aromatic heterocycles. The molecule has 0 aromatic carbocycles. The van der Waals surface area contributed by atoms with Gasteiger partial charge in [-0.15, -0.1) is 0 Å². The zero-order valence-corrected chi connectivity index (χ0v) is 11.1. The molecular formula is C12H16N6O2. The summed E-state index contributed by atoms with van der Waals surface area (Å²) in [6.07, 6.45) is 5.42. The zero-order chi connectivity index (χ0) is 13.9. The molecule has 3 heterocycles. The monoisotopic (exact) mass is 276 g/mol. The van der Waals surface area contributed by atoms with E-state index in [2.05, 4.69) is 31.0 Å². The first-order chi connectivity index (χ1) is 9.74. The van der Waals surface area contributed by atoms with Gasteiger partial charge in [0.05, 0.1) is 18.3 Å². The molecule has 8 nitrogen and oxygen atoms in total. The summed E-state index contributed by atoms with van der Waals surface area (Å²) in [6.45, 7) is 2.80. The van der Waals surface area contributed by atoms with E-state index >= 15 is 0 Å². The quantitative estimate of drug-likeness (QED) is 0.758. The lowest BCUT2D eigenvalue weighted by atomic mass is 10.2. The first kappa shape index (κ1) is 12.8. The molecule has 2 unspecified atom stereocenters. The number of nitrogens with zero attached hydrogens (tertiary/aromatic N) is 3. The highest BCUT2D eigenvalue weighted by atomic mass is 16.5. The van der Waals surface area contributed by atoms with Crippen LogP contribution in [0.1, 0.15) is 53.9 Å². The number of hydrogen-bond donors (Lipinski definition) is 3. The molecule has 1 aliphatic rings. The van der Waals surface area contributed by atoms with Gasteiger partial charge in [0, 0.05) is 11.8 Å². The van der Waals surface area contributed by atoms with Crippen LogP contribution in [0.15, 0.2) is 16.9 Å². The van der Waals surface area contributed by atoms with Crippen molar-refractivity contribution in [2.24, 2.45) is 0 Å². The predicted octanol–water partition coefficient (Wildman–Crippen LogP) is 0.708. The fourth-order valence-electron chi connectivity index (χ4n) is 2.21. The normalized spacial score (nSPS) is 19.9. The second kappa shape index (κ2) is 5.41. The second-order valence-electron chi connectivity index (χ2n) is 4.83. The molecule has 3 N–H and O–H groups in total. The average molecular weight is 276 g/mol. The van der Waals surface area contributed by atoms with E-state index in [0.717, 1.165) is 24.9 Å². The van der Waals surface area contributed by atoms with Gasteiger partial charge in [0.25, 0.3) is 11.7 Å². The molecule has 0 radical (unpaired) electrons. The maximum absolute atomic E-state index is 12.0. The lowest BCUT2D eigenvalue weighted by molar-refractivity contribution is 0.0926. The molecule has 8 heteroatoms. The summed E-state index contributed by atoms with van der Waals surface area (Å²) < 4.78 is 5.14. The van der Waals surface area contributed by atoms with Crippen molar-refractivity contribution in [1.29, 1.82) is 0 Å². The van der Waals surface area contributed by atoms with Gasteiger partial charge in [0.1, 0.15) is 0 Å². The highest BCUT2D eigenvalue weighted by Gasteiger charge is 2.24. The molecule has 1 aliphatic heterocycles. The number of amides is 1. The van der Waals surface area contributed by atoms with Crippen molar-refractivity contribution in [2.45, 2.75) is 31.8 Å². The molecule has 1 fully saturated rings. The zero-order valence-electron chi connectivity index (χ0n) is 11.1. The van der Waals surface area contributed by atoms with Gasteiger partial charge in [-0.3, -0.25) is 9.89 Å². The van der Waals surface area contributed by atoms with Crippen LogP contribution in [0.3, 0.4) is 0 Å². The molecule has 0 aliphatic carbocycles. The summed E-state index contributed by atoms with van der Waals surface area (Å²) in [4.78, 5) is 16.2. The van der Waals surface area contributed by atoms with Crippen LogP contribution < -0.4 is 10.6 Å². The molecule has 3 rings (SSSR count). The van der Waals surface area contributed by atoms with Crippen LogP contribution in [-0.4, -0.2) is 32.8 Å². The maximum atomic E-state index is 12.0. The Morgan fingerprint density at radius 1 is 1.60 bits per heavy atom. The van der Waals surface area contributed by atoms with Crippen LogP contribution in [0.25, 0.3) is 0 Å². The molecule has 106 valence electrons. The fraction of sp³-hybridized carbons (Fsp3) is 0.500. The maximum Gasteiger partial charge on any atom is 0.293 e. The van der Waals surface area contributed by atoms with E-state index in [-0.39, 0.29) is 23.8 Å². The first-order valence-corrected chi connectivity index (χ1v) is 6.60. The Bertz CT molecular complexity index is 573. The third-order valence-electron chi connectivity index (χ3n) is 3.37. The summed E-state index contributed by atoms with van der Waals surface area (Å²) >= 11 is 0. The molecule has 20 heavy (non-hydrogen) atoms. The van der Waals surface area contributed by atoms with E-state index in [1.807, 2.05) is 6.92 Å². The summed E-state index contributed by atoms with van der Waals surface area (Å²) in [5, 5.41) is 16.3. The molecule has 0 spiro atoms. The highest BCUT2D eigenvalue weighted by molar-refractivity contribution is 5.90. The molecule has 0 saturated carbocycles. The van der Waals surface area contributed by atoms with E-state index in [1.165, 1.54) is 0 Å². The average Bonchev–Trinajstić information content (AvgIpc) is 3.19. The number of aromatic nitrogens is 4. The highest BCUT2D eigenvalue weighted by Crippen LogP contribution is 2.21. The Hall–Kier alpha value is -2.22. The van der Waals surface area contributed by atoms with Crippen LogP contribution in [0.2, 0.25) is 0 Å². The lowest BCUT2D eigenvalue weighted by Crippen LogP contribution is -2.27. The van der Waals surface area contributed by atoms with E-state index < -0.39 is 0 Å². The standard InChI is InChI=1S/C12H16N6O2/c1-7(8-5-14-15-6-8)16-11(19)10-17-12(20-18-10)9-3-2-4-13-9/h5-7,9,13H,2-4H2,1H3,(H,14,15)(H,16,19). The van der Waals surface area contributed by atoms with Crippen LogP contribution in [0.5, 0.6) is 0 Å². The van der Waals surface area contributed by atoms with E-state index in [4.69, 9.17) is 4.52 Å². The summed E-state index contributed by atoms with van der Waals surface area (Å²) in [7, 11) is 0. The minimum Gasteiger partial charge on any atom is -0.343 e. The Kier molecular flexibility index (Phi) is 3.46. The summed E-state index contributed by atoms with van der Waals surface area (Å²) in [6, 6.07) is -0.108. The van der Waals surface area contributed by atoms with Crippen LogP contribution >= 0.6 is 0 Å². The minimum absolute atomic E-state index is 0.0593. The topological polar surface area (TPSA) is 109 Å². The Morgan fingerprint density at radius 3 is 3.20 bits per heavy atom. The van der Waals surface area contributed by atoms with E-state index in [0.29, 0.717) is 5.89 Å². The third kappa shape index (κ3) is 2.55. The van der Waals surface area contributed by atoms with Gasteiger partial charge >= 0.3 is 0 Å². The SMILES string of the molecule is CC(NC(=O)c1noc(C2CCCN2)n1)c1cn[nH]c1. The van der Waals surface area contributed by atoms with Gasteiger partial charge in [0.2, 0.25) is 5.89 Å². The Morgan fingerprint density at radius 2 is 2.50 bits per heavy atom. The summed E-state index contributed by atoms with van der Waals surface area (Å²) in [5.41, 5.74) is 0.888. The van der Waals surface area contributed by atoms with E-state index in [9.17, 15) is 4.79 Å². The largest absolute Gasteiger partial charge is 0.343 e. The Balaban J connectivity index is 1.65. The van der Waals surface area contributed by atoms with Gasteiger partial charge in [-0.25, -0.2) is 0 Å². The molecule has 2 aromatic rings. The molecule has 0 bridgehead atoms. The van der Waals surface area contributed by atoms with Gasteiger partial charge in [-0.1, -0.05) is 5.16 Å². The van der Waals surface area contributed by atoms with Gasteiger partial charge in [-0.2, -0.15) is 10.1 Å². The van der Waals surface area contributed by atoms with Crippen molar-refractivity contribution in [3.63, 3.8) is 0 Å². The fourth-order valence-corrected chi connectivity index (χ4v) is 2.21. The van der Waals surface area contributed by atoms with Gasteiger partial charge in [0.15, 0.2) is 0 Å². The van der Waals surface area contributed by atoms with Crippen molar-refractivity contribution in [2.75, 3.05) is 6.54 Å². The van der Waals surface area contributed by atoms with Gasteiger partial charge < -0.3 is 15.2 Å². The number of carbonyl (C=O) groups excluding carboxylic acids is 1. The number of H-pyrrole nitrogens is 1. The second-order valence-corrected chi connectivity index (χ2v) is 4.83. The lowest BCUT2D eigenvalue weighted by Gasteiger charge is -2.09.